The Kier molecular flexibility index (Phi) is 3.44. The molecule has 1 aliphatic rings. The van der Waals surface area contributed by atoms with Gasteiger partial charge in [0.2, 0.25) is 0 Å². The summed E-state index contributed by atoms with van der Waals surface area (Å²) in [5, 5.41) is 10.4. The number of nitrogens with zero attached hydrogens (tertiary/aromatic N) is 2. The first-order valence-electron chi connectivity index (χ1n) is 6.65. The number of carbonyl (C=O) groups excluding carboxylic acids is 1. The van der Waals surface area contributed by atoms with E-state index in [0.717, 1.165) is 16.1 Å². The Balaban J connectivity index is 2.19. The first kappa shape index (κ1) is 13.0. The number of rotatable bonds is 3. The van der Waals surface area contributed by atoms with Crippen LogP contribution >= 0.6 is 0 Å². The first-order chi connectivity index (χ1) is 10.3. The van der Waals surface area contributed by atoms with Gasteiger partial charge < -0.3 is 0 Å². The quantitative estimate of drug-likeness (QED) is 0.858. The fourth-order valence-electron chi connectivity index (χ4n) is 2.37. The number of hydrogen-bond donors (Lipinski definition) is 0. The van der Waals surface area contributed by atoms with E-state index in [1.54, 1.807) is 0 Å². The third-order valence-electron chi connectivity index (χ3n) is 3.29. The van der Waals surface area contributed by atoms with E-state index in [9.17, 15) is 4.79 Å². The average molecular weight is 272 g/mol. The monoisotopic (exact) mass is 272 g/mol. The molecule has 0 atom stereocenters. The summed E-state index contributed by atoms with van der Waals surface area (Å²) in [5.74, 6) is -0.187. The fourth-order valence-corrected chi connectivity index (χ4v) is 2.37. The Morgan fingerprint density at radius 3 is 2.57 bits per heavy atom. The number of Topliss-reactive ketones (excluding diaryl/α,β-unsaturated/α-hetero) is 1. The molecule has 0 spiro atoms. The van der Waals surface area contributed by atoms with Gasteiger partial charge in [-0.25, -0.2) is 4.99 Å². The molecule has 0 fully saturated rings. The summed E-state index contributed by atoms with van der Waals surface area (Å²) in [5.41, 5.74) is 2.14. The van der Waals surface area contributed by atoms with E-state index in [4.69, 9.17) is 5.26 Å². The molecule has 0 saturated heterocycles. The molecule has 1 aliphatic heterocycles. The number of benzene rings is 2. The van der Waals surface area contributed by atoms with Gasteiger partial charge in [0.05, 0.1) is 29.1 Å². The van der Waals surface area contributed by atoms with Gasteiger partial charge in [-0.05, 0) is 17.7 Å². The van der Waals surface area contributed by atoms with Crippen LogP contribution in [0, 0.1) is 11.3 Å². The van der Waals surface area contributed by atoms with Gasteiger partial charge in [0.25, 0.3) is 0 Å². The summed E-state index contributed by atoms with van der Waals surface area (Å²) in [7, 11) is 0. The van der Waals surface area contributed by atoms with Crippen molar-refractivity contribution in [2.75, 3.05) is 0 Å². The summed E-state index contributed by atoms with van der Waals surface area (Å²) >= 11 is 0. The highest BCUT2D eigenvalue weighted by Crippen LogP contribution is 2.20. The van der Waals surface area contributed by atoms with Crippen molar-refractivity contribution in [3.05, 3.63) is 76.4 Å². The van der Waals surface area contributed by atoms with Crippen LogP contribution < -0.4 is 10.6 Å². The molecule has 3 rings (SSSR count). The predicted molar refractivity (Wildman–Crippen MR) is 80.3 cm³/mol. The highest BCUT2D eigenvalue weighted by molar-refractivity contribution is 6.22. The topological polar surface area (TPSA) is 53.2 Å². The largest absolute Gasteiger partial charge is 0.293 e. The highest BCUT2D eigenvalue weighted by Gasteiger charge is 2.19. The standard InChI is InChI=1S/C18H12N2O/c19-11-10-17(21)18-14-8-4-5-9-15(14)20-16(18)12-13-6-2-1-3-7-13/h1-9,12H,10H2. The van der Waals surface area contributed by atoms with Crippen molar-refractivity contribution >= 4 is 17.4 Å². The molecule has 2 aromatic rings. The van der Waals surface area contributed by atoms with Crippen LogP contribution in [0.25, 0.3) is 11.6 Å². The zero-order valence-electron chi connectivity index (χ0n) is 11.3. The molecule has 1 heterocycles. The second-order valence-corrected chi connectivity index (χ2v) is 4.70. The van der Waals surface area contributed by atoms with Crippen molar-refractivity contribution in [2.45, 2.75) is 6.42 Å². The van der Waals surface area contributed by atoms with E-state index in [1.807, 2.05) is 66.7 Å². The van der Waals surface area contributed by atoms with Gasteiger partial charge in [0.1, 0.15) is 0 Å². The maximum atomic E-state index is 12.2. The third-order valence-corrected chi connectivity index (χ3v) is 3.29. The zero-order chi connectivity index (χ0) is 14.7. The number of para-hydroxylation sites is 1. The molecular formula is C18H12N2O. The molecule has 2 aromatic carbocycles. The van der Waals surface area contributed by atoms with Crippen molar-refractivity contribution in [2.24, 2.45) is 4.99 Å². The maximum Gasteiger partial charge on any atom is 0.179 e. The summed E-state index contributed by atoms with van der Waals surface area (Å²) in [6.07, 6.45) is 1.75. The van der Waals surface area contributed by atoms with Crippen LogP contribution in [0.4, 0.5) is 0 Å². The lowest BCUT2D eigenvalue weighted by Gasteiger charge is -2.01. The van der Waals surface area contributed by atoms with Crippen LogP contribution in [0.1, 0.15) is 12.0 Å². The molecule has 0 amide bonds. The molecule has 21 heavy (non-hydrogen) atoms. The van der Waals surface area contributed by atoms with Crippen LogP contribution in [0.5, 0.6) is 0 Å². The Morgan fingerprint density at radius 1 is 1.10 bits per heavy atom. The van der Waals surface area contributed by atoms with E-state index in [-0.39, 0.29) is 12.2 Å². The normalized spacial score (nSPS) is 14.4. The molecule has 0 aromatic heterocycles. The number of nitriles is 1. The smallest absolute Gasteiger partial charge is 0.179 e. The SMILES string of the molecule is N#CCC(=O)C1=c2ccccc2=NC1=Cc1ccccc1. The van der Waals surface area contributed by atoms with Crippen molar-refractivity contribution in [1.29, 1.82) is 5.26 Å². The van der Waals surface area contributed by atoms with E-state index in [1.165, 1.54) is 0 Å². The highest BCUT2D eigenvalue weighted by atomic mass is 16.1. The van der Waals surface area contributed by atoms with Gasteiger partial charge in [-0.1, -0.05) is 48.5 Å². The lowest BCUT2D eigenvalue weighted by Crippen LogP contribution is -2.24. The molecule has 0 N–H and O–H groups in total. The van der Waals surface area contributed by atoms with Gasteiger partial charge in [-0.2, -0.15) is 5.26 Å². The van der Waals surface area contributed by atoms with Crippen molar-refractivity contribution in [3.8, 4) is 6.07 Å². The van der Waals surface area contributed by atoms with E-state index in [2.05, 4.69) is 4.99 Å². The summed E-state index contributed by atoms with van der Waals surface area (Å²) in [6.45, 7) is 0. The Hall–Kier alpha value is -2.99. The summed E-state index contributed by atoms with van der Waals surface area (Å²) in [6, 6.07) is 19.2. The maximum absolute atomic E-state index is 12.2. The number of ketones is 1. The Labute approximate surface area is 122 Å². The fraction of sp³-hybridized carbons (Fsp3) is 0.0556. The average Bonchev–Trinajstić information content (AvgIpc) is 2.86. The number of carbonyl (C=O) groups is 1. The van der Waals surface area contributed by atoms with Gasteiger partial charge in [0.15, 0.2) is 5.78 Å². The minimum atomic E-state index is -0.187. The predicted octanol–water partition coefficient (Wildman–Crippen LogP) is 1.99. The van der Waals surface area contributed by atoms with Gasteiger partial charge in [0, 0.05) is 5.22 Å². The lowest BCUT2D eigenvalue weighted by molar-refractivity contribution is -0.112. The van der Waals surface area contributed by atoms with Gasteiger partial charge >= 0.3 is 0 Å². The molecule has 100 valence electrons. The van der Waals surface area contributed by atoms with Crippen molar-refractivity contribution in [3.63, 3.8) is 0 Å². The minimum absolute atomic E-state index is 0.134. The number of hydrogen-bond acceptors (Lipinski definition) is 3. The van der Waals surface area contributed by atoms with Gasteiger partial charge in [-0.15, -0.1) is 0 Å². The second kappa shape index (κ2) is 5.56. The van der Waals surface area contributed by atoms with Crippen molar-refractivity contribution < 1.29 is 4.79 Å². The summed E-state index contributed by atoms with van der Waals surface area (Å²) in [4.78, 5) is 16.8. The molecule has 0 bridgehead atoms. The number of allylic oxidation sites excluding steroid dienone is 1. The minimum Gasteiger partial charge on any atom is -0.293 e. The van der Waals surface area contributed by atoms with E-state index >= 15 is 0 Å². The molecule has 0 unspecified atom stereocenters. The Morgan fingerprint density at radius 2 is 1.81 bits per heavy atom. The van der Waals surface area contributed by atoms with Crippen molar-refractivity contribution in [1.82, 2.24) is 0 Å². The second-order valence-electron chi connectivity index (χ2n) is 4.70. The van der Waals surface area contributed by atoms with Crippen LogP contribution in [-0.4, -0.2) is 5.78 Å². The van der Waals surface area contributed by atoms with E-state index in [0.29, 0.717) is 11.3 Å². The molecule has 0 saturated carbocycles. The zero-order valence-corrected chi connectivity index (χ0v) is 11.3. The van der Waals surface area contributed by atoms with Crippen LogP contribution in [0.3, 0.4) is 0 Å². The molecule has 0 radical (unpaired) electrons. The molecule has 3 nitrogen and oxygen atoms in total. The van der Waals surface area contributed by atoms with Crippen LogP contribution in [-0.2, 0) is 4.79 Å². The molecular weight excluding hydrogens is 260 g/mol. The van der Waals surface area contributed by atoms with Crippen LogP contribution in [0.2, 0.25) is 0 Å². The van der Waals surface area contributed by atoms with Crippen LogP contribution in [0.15, 0.2) is 65.3 Å². The third kappa shape index (κ3) is 2.52. The summed E-state index contributed by atoms with van der Waals surface area (Å²) < 4.78 is 0. The lowest BCUT2D eigenvalue weighted by atomic mass is 10.0. The molecule has 0 aliphatic carbocycles. The first-order valence-corrected chi connectivity index (χ1v) is 6.65. The van der Waals surface area contributed by atoms with E-state index < -0.39 is 0 Å². The molecule has 3 heteroatoms. The number of fused-ring (bicyclic) bond motifs is 1. The van der Waals surface area contributed by atoms with Gasteiger partial charge in [-0.3, -0.25) is 4.79 Å². The Bertz CT molecular complexity index is 887.